The molecular weight excluding hydrogens is 270 g/mol. The van der Waals surface area contributed by atoms with Gasteiger partial charge in [-0.3, -0.25) is 4.79 Å². The molecule has 0 unspecified atom stereocenters. The van der Waals surface area contributed by atoms with Crippen LogP contribution in [-0.2, 0) is 6.42 Å². The van der Waals surface area contributed by atoms with Crippen LogP contribution in [0.1, 0.15) is 93.7 Å². The second-order valence-corrected chi connectivity index (χ2v) is 6.18. The van der Waals surface area contributed by atoms with E-state index in [1.54, 1.807) is 0 Å². The minimum Gasteiger partial charge on any atom is -0.356 e. The standard InChI is InChI=1S/C20H33NO/c1-2-3-4-5-6-7-8-9-10-11-12-13-14-15-19-16-17-20(18-22)21-19/h9-10,16-18,21H,2-8,11-15H2,1H3/b10-9+. The number of aldehydes is 1. The molecule has 124 valence electrons. The summed E-state index contributed by atoms with van der Waals surface area (Å²) in [5, 5.41) is 0. The first-order valence-electron chi connectivity index (χ1n) is 9.15. The van der Waals surface area contributed by atoms with Crippen molar-refractivity contribution in [2.75, 3.05) is 0 Å². The third-order valence-electron chi connectivity index (χ3n) is 4.10. The zero-order chi connectivity index (χ0) is 15.9. The molecule has 0 bridgehead atoms. The second kappa shape index (κ2) is 13.4. The molecule has 1 aromatic heterocycles. The van der Waals surface area contributed by atoms with Crippen molar-refractivity contribution in [2.45, 2.75) is 84.0 Å². The van der Waals surface area contributed by atoms with Crippen molar-refractivity contribution >= 4 is 6.29 Å². The van der Waals surface area contributed by atoms with Gasteiger partial charge in [0.2, 0.25) is 0 Å². The van der Waals surface area contributed by atoms with Gasteiger partial charge in [0, 0.05) is 5.69 Å². The van der Waals surface area contributed by atoms with E-state index in [1.807, 2.05) is 12.1 Å². The van der Waals surface area contributed by atoms with Gasteiger partial charge >= 0.3 is 0 Å². The number of hydrogen-bond acceptors (Lipinski definition) is 1. The average molecular weight is 303 g/mol. The summed E-state index contributed by atoms with van der Waals surface area (Å²) >= 11 is 0. The fourth-order valence-electron chi connectivity index (χ4n) is 2.71. The summed E-state index contributed by atoms with van der Waals surface area (Å²) in [6, 6.07) is 3.87. The molecule has 0 atom stereocenters. The maximum atomic E-state index is 10.6. The molecule has 1 heterocycles. The molecule has 2 nitrogen and oxygen atoms in total. The maximum absolute atomic E-state index is 10.6. The monoisotopic (exact) mass is 303 g/mol. The minimum atomic E-state index is 0.688. The van der Waals surface area contributed by atoms with Crippen LogP contribution in [0, 0.1) is 0 Å². The van der Waals surface area contributed by atoms with Gasteiger partial charge in [-0.1, -0.05) is 57.6 Å². The number of allylic oxidation sites excluding steroid dienone is 2. The maximum Gasteiger partial charge on any atom is 0.166 e. The van der Waals surface area contributed by atoms with E-state index in [4.69, 9.17) is 0 Å². The first-order chi connectivity index (χ1) is 10.9. The van der Waals surface area contributed by atoms with E-state index in [0.29, 0.717) is 5.69 Å². The number of hydrogen-bond donors (Lipinski definition) is 1. The smallest absolute Gasteiger partial charge is 0.166 e. The topological polar surface area (TPSA) is 32.9 Å². The number of unbranched alkanes of at least 4 members (excludes halogenated alkanes) is 9. The van der Waals surface area contributed by atoms with Crippen molar-refractivity contribution < 1.29 is 4.79 Å². The van der Waals surface area contributed by atoms with Crippen molar-refractivity contribution in [3.63, 3.8) is 0 Å². The molecule has 22 heavy (non-hydrogen) atoms. The Balaban J connectivity index is 1.86. The Kier molecular flexibility index (Phi) is 11.4. The van der Waals surface area contributed by atoms with Gasteiger partial charge in [0.1, 0.15) is 0 Å². The quantitative estimate of drug-likeness (QED) is 0.246. The van der Waals surface area contributed by atoms with Crippen molar-refractivity contribution in [3.05, 3.63) is 35.7 Å². The summed E-state index contributed by atoms with van der Waals surface area (Å²) < 4.78 is 0. The Labute approximate surface area is 136 Å². The van der Waals surface area contributed by atoms with Gasteiger partial charge in [-0.05, 0) is 50.7 Å². The molecule has 0 aliphatic rings. The molecule has 2 heteroatoms. The molecule has 0 aliphatic carbocycles. The van der Waals surface area contributed by atoms with E-state index >= 15 is 0 Å². The fraction of sp³-hybridized carbons (Fsp3) is 0.650. The van der Waals surface area contributed by atoms with Crippen LogP contribution in [0.2, 0.25) is 0 Å². The number of aromatic amines is 1. The molecule has 0 aliphatic heterocycles. The van der Waals surface area contributed by atoms with E-state index in [1.165, 1.54) is 76.3 Å². The molecule has 0 saturated carbocycles. The second-order valence-electron chi connectivity index (χ2n) is 6.18. The highest BCUT2D eigenvalue weighted by Gasteiger charge is 1.97. The predicted octanol–water partition coefficient (Wildman–Crippen LogP) is 6.24. The number of nitrogens with one attached hydrogen (secondary N) is 1. The zero-order valence-corrected chi connectivity index (χ0v) is 14.3. The first-order valence-corrected chi connectivity index (χ1v) is 9.15. The molecule has 1 aromatic rings. The Morgan fingerprint density at radius 2 is 1.50 bits per heavy atom. The van der Waals surface area contributed by atoms with Gasteiger partial charge in [-0.25, -0.2) is 0 Å². The number of carbonyl (C=O) groups excluding carboxylic acids is 1. The molecule has 0 aromatic carbocycles. The van der Waals surface area contributed by atoms with Crippen LogP contribution in [0.15, 0.2) is 24.3 Å². The summed E-state index contributed by atoms with van der Waals surface area (Å²) in [4.78, 5) is 13.7. The van der Waals surface area contributed by atoms with E-state index < -0.39 is 0 Å². The lowest BCUT2D eigenvalue weighted by Gasteiger charge is -1.99. The summed E-state index contributed by atoms with van der Waals surface area (Å²) in [6.07, 6.45) is 21.1. The first kappa shape index (κ1) is 18.7. The van der Waals surface area contributed by atoms with E-state index in [9.17, 15) is 4.79 Å². The van der Waals surface area contributed by atoms with Crippen molar-refractivity contribution in [2.24, 2.45) is 0 Å². The number of aromatic nitrogens is 1. The van der Waals surface area contributed by atoms with Crippen molar-refractivity contribution in [1.82, 2.24) is 4.98 Å². The van der Waals surface area contributed by atoms with Crippen LogP contribution < -0.4 is 0 Å². The SMILES string of the molecule is CCCCCCCC/C=C/CCCCCc1ccc(C=O)[nH]1. The van der Waals surface area contributed by atoms with Crippen LogP contribution in [0.5, 0.6) is 0 Å². The van der Waals surface area contributed by atoms with Gasteiger partial charge in [0.15, 0.2) is 6.29 Å². The summed E-state index contributed by atoms with van der Waals surface area (Å²) in [6.45, 7) is 2.27. The Morgan fingerprint density at radius 3 is 2.14 bits per heavy atom. The van der Waals surface area contributed by atoms with Gasteiger partial charge in [-0.15, -0.1) is 0 Å². The lowest BCUT2D eigenvalue weighted by atomic mass is 10.1. The summed E-state index contributed by atoms with van der Waals surface area (Å²) in [7, 11) is 0. The fourth-order valence-corrected chi connectivity index (χ4v) is 2.71. The molecule has 1 N–H and O–H groups in total. The number of carbonyl (C=O) groups is 1. The Morgan fingerprint density at radius 1 is 0.864 bits per heavy atom. The normalized spacial score (nSPS) is 11.3. The summed E-state index contributed by atoms with van der Waals surface area (Å²) in [5.74, 6) is 0. The van der Waals surface area contributed by atoms with Gasteiger partial charge in [-0.2, -0.15) is 0 Å². The molecule has 0 fully saturated rings. The highest BCUT2D eigenvalue weighted by Crippen LogP contribution is 2.09. The molecule has 0 saturated heterocycles. The van der Waals surface area contributed by atoms with Crippen molar-refractivity contribution in [3.8, 4) is 0 Å². The highest BCUT2D eigenvalue weighted by atomic mass is 16.1. The van der Waals surface area contributed by atoms with Crippen LogP contribution in [-0.4, -0.2) is 11.3 Å². The molecule has 0 radical (unpaired) electrons. The third kappa shape index (κ3) is 9.59. The highest BCUT2D eigenvalue weighted by molar-refractivity contribution is 5.71. The number of aryl methyl sites for hydroxylation is 1. The molecule has 1 rings (SSSR count). The van der Waals surface area contributed by atoms with Gasteiger partial charge in [0.05, 0.1) is 5.69 Å². The van der Waals surface area contributed by atoms with Gasteiger partial charge in [0.25, 0.3) is 0 Å². The minimum absolute atomic E-state index is 0.688. The largest absolute Gasteiger partial charge is 0.356 e. The van der Waals surface area contributed by atoms with Crippen LogP contribution in [0.3, 0.4) is 0 Å². The lowest BCUT2D eigenvalue weighted by Crippen LogP contribution is -1.87. The van der Waals surface area contributed by atoms with E-state index in [2.05, 4.69) is 24.1 Å². The van der Waals surface area contributed by atoms with Crippen LogP contribution in [0.4, 0.5) is 0 Å². The predicted molar refractivity (Wildman–Crippen MR) is 95.5 cm³/mol. The Bertz CT molecular complexity index is 406. The molecule has 0 amide bonds. The van der Waals surface area contributed by atoms with E-state index in [-0.39, 0.29) is 0 Å². The number of H-pyrrole nitrogens is 1. The van der Waals surface area contributed by atoms with Crippen molar-refractivity contribution in [1.29, 1.82) is 0 Å². The Hall–Kier alpha value is -1.31. The van der Waals surface area contributed by atoms with Gasteiger partial charge < -0.3 is 4.98 Å². The van der Waals surface area contributed by atoms with Crippen LogP contribution >= 0.6 is 0 Å². The summed E-state index contributed by atoms with van der Waals surface area (Å²) in [5.41, 5.74) is 1.87. The average Bonchev–Trinajstić information content (AvgIpc) is 3.00. The van der Waals surface area contributed by atoms with Crippen LogP contribution in [0.25, 0.3) is 0 Å². The number of rotatable bonds is 14. The van der Waals surface area contributed by atoms with E-state index in [0.717, 1.165) is 12.7 Å². The third-order valence-corrected chi connectivity index (χ3v) is 4.10. The molecular formula is C20H33NO. The zero-order valence-electron chi connectivity index (χ0n) is 14.3. The lowest BCUT2D eigenvalue weighted by molar-refractivity contribution is 0.111. The molecule has 0 spiro atoms.